The van der Waals surface area contributed by atoms with Gasteiger partial charge < -0.3 is 10.4 Å². The maximum absolute atomic E-state index is 11.0. The van der Waals surface area contributed by atoms with Crippen molar-refractivity contribution >= 4 is 11.4 Å². The Bertz CT molecular complexity index is 798. The molecule has 5 heteroatoms. The van der Waals surface area contributed by atoms with Gasteiger partial charge in [0.1, 0.15) is 5.75 Å². The van der Waals surface area contributed by atoms with Crippen LogP contribution in [0.5, 0.6) is 5.75 Å². The smallest absolute Gasteiger partial charge is 0.269 e. The molecular formula is C18H16N2O3. The van der Waals surface area contributed by atoms with Crippen LogP contribution >= 0.6 is 0 Å². The van der Waals surface area contributed by atoms with E-state index in [-0.39, 0.29) is 28.3 Å². The molecule has 2 aromatic rings. The number of benzene rings is 2. The summed E-state index contributed by atoms with van der Waals surface area (Å²) in [5, 5.41) is 24.1. The molecule has 4 rings (SSSR count). The third-order valence-electron chi connectivity index (χ3n) is 4.81. The van der Waals surface area contributed by atoms with Crippen LogP contribution in [-0.2, 0) is 0 Å². The van der Waals surface area contributed by atoms with Crippen molar-refractivity contribution in [2.75, 3.05) is 5.32 Å². The molecule has 0 unspecified atom stereocenters. The second-order valence-corrected chi connectivity index (χ2v) is 6.10. The Morgan fingerprint density at radius 2 is 1.96 bits per heavy atom. The van der Waals surface area contributed by atoms with Crippen LogP contribution in [0.25, 0.3) is 0 Å². The van der Waals surface area contributed by atoms with E-state index in [2.05, 4.69) is 17.5 Å². The summed E-state index contributed by atoms with van der Waals surface area (Å²) in [4.78, 5) is 10.7. The number of nitrogens with zero attached hydrogens (tertiary/aromatic N) is 1. The van der Waals surface area contributed by atoms with Crippen molar-refractivity contribution in [3.63, 3.8) is 0 Å². The summed E-state index contributed by atoms with van der Waals surface area (Å²) in [7, 11) is 0. The van der Waals surface area contributed by atoms with Gasteiger partial charge in [-0.3, -0.25) is 10.1 Å². The number of rotatable bonds is 2. The van der Waals surface area contributed by atoms with E-state index in [4.69, 9.17) is 0 Å². The topological polar surface area (TPSA) is 75.4 Å². The van der Waals surface area contributed by atoms with Gasteiger partial charge in [0, 0.05) is 23.7 Å². The van der Waals surface area contributed by atoms with Crippen LogP contribution in [0.1, 0.15) is 29.5 Å². The lowest BCUT2D eigenvalue weighted by molar-refractivity contribution is -0.384. The van der Waals surface area contributed by atoms with E-state index in [1.165, 1.54) is 0 Å². The molecule has 0 saturated heterocycles. The normalized spacial score (nSPS) is 24.6. The number of fused-ring (bicyclic) bond motifs is 3. The van der Waals surface area contributed by atoms with E-state index in [1.54, 1.807) is 30.3 Å². The fourth-order valence-corrected chi connectivity index (χ4v) is 3.71. The minimum atomic E-state index is -0.347. The Hall–Kier alpha value is -2.82. The second-order valence-electron chi connectivity index (χ2n) is 6.10. The first-order chi connectivity index (χ1) is 11.1. The predicted molar refractivity (Wildman–Crippen MR) is 87.6 cm³/mol. The fourth-order valence-electron chi connectivity index (χ4n) is 3.71. The molecule has 23 heavy (non-hydrogen) atoms. The van der Waals surface area contributed by atoms with E-state index in [0.717, 1.165) is 23.2 Å². The van der Waals surface area contributed by atoms with Crippen molar-refractivity contribution in [1.82, 2.24) is 0 Å². The van der Waals surface area contributed by atoms with E-state index >= 15 is 0 Å². The number of hydrogen-bond acceptors (Lipinski definition) is 4. The molecule has 0 bridgehead atoms. The Kier molecular flexibility index (Phi) is 3.08. The van der Waals surface area contributed by atoms with Gasteiger partial charge in [0.05, 0.1) is 11.0 Å². The predicted octanol–water partition coefficient (Wildman–Crippen LogP) is 4.13. The van der Waals surface area contributed by atoms with Crippen LogP contribution in [-0.4, -0.2) is 10.0 Å². The van der Waals surface area contributed by atoms with Gasteiger partial charge in [0.2, 0.25) is 0 Å². The number of phenols is 1. The summed E-state index contributed by atoms with van der Waals surface area (Å²) in [6, 6.07) is 12.4. The first-order valence-corrected chi connectivity index (χ1v) is 7.64. The molecule has 0 spiro atoms. The van der Waals surface area contributed by atoms with Gasteiger partial charge in [0.15, 0.2) is 0 Å². The molecule has 5 nitrogen and oxygen atoms in total. The molecule has 0 fully saturated rings. The van der Waals surface area contributed by atoms with Gasteiger partial charge in [-0.2, -0.15) is 0 Å². The number of nitro benzene ring substituents is 1. The lowest BCUT2D eigenvalue weighted by Gasteiger charge is -2.37. The largest absolute Gasteiger partial charge is 0.508 e. The van der Waals surface area contributed by atoms with Crippen LogP contribution in [0, 0.1) is 16.0 Å². The molecule has 1 heterocycles. The monoisotopic (exact) mass is 308 g/mol. The Labute approximate surface area is 133 Å². The molecule has 2 aliphatic rings. The highest BCUT2D eigenvalue weighted by atomic mass is 16.6. The zero-order valence-corrected chi connectivity index (χ0v) is 12.3. The number of anilines is 1. The molecule has 0 aromatic heterocycles. The number of nitrogens with one attached hydrogen (secondary N) is 1. The Morgan fingerprint density at radius 1 is 1.17 bits per heavy atom. The van der Waals surface area contributed by atoms with E-state index in [1.807, 2.05) is 12.1 Å². The quantitative estimate of drug-likeness (QED) is 0.497. The van der Waals surface area contributed by atoms with Crippen molar-refractivity contribution in [1.29, 1.82) is 0 Å². The molecule has 0 saturated carbocycles. The first-order valence-electron chi connectivity index (χ1n) is 7.64. The number of allylic oxidation sites excluding steroid dienone is 2. The van der Waals surface area contributed by atoms with Gasteiger partial charge in [0.25, 0.3) is 5.69 Å². The first kappa shape index (κ1) is 13.8. The number of hydrogen-bond donors (Lipinski definition) is 2. The van der Waals surface area contributed by atoms with Crippen molar-refractivity contribution in [3.05, 3.63) is 75.9 Å². The summed E-state index contributed by atoms with van der Waals surface area (Å²) >= 11 is 0. The zero-order valence-electron chi connectivity index (χ0n) is 12.3. The van der Waals surface area contributed by atoms with Crippen molar-refractivity contribution in [3.8, 4) is 5.75 Å². The number of phenolic OH excluding ortho intramolecular Hbond substituents is 1. The summed E-state index contributed by atoms with van der Waals surface area (Å²) in [6.45, 7) is 0. The fraction of sp³-hybridized carbons (Fsp3) is 0.222. The minimum absolute atomic E-state index is 0.129. The number of aromatic hydroxyl groups is 1. The third kappa shape index (κ3) is 2.25. The van der Waals surface area contributed by atoms with E-state index in [9.17, 15) is 15.2 Å². The molecule has 1 aliphatic carbocycles. The minimum Gasteiger partial charge on any atom is -0.508 e. The van der Waals surface area contributed by atoms with Crippen LogP contribution in [0.3, 0.4) is 0 Å². The van der Waals surface area contributed by atoms with Gasteiger partial charge in [-0.15, -0.1) is 0 Å². The molecule has 2 aromatic carbocycles. The van der Waals surface area contributed by atoms with E-state index in [0.29, 0.717) is 5.92 Å². The Balaban J connectivity index is 1.77. The molecule has 0 amide bonds. The lowest BCUT2D eigenvalue weighted by atomic mass is 9.77. The SMILES string of the molecule is O=[N+]([O-])c1ccc2c(c1)[C@@H]1C=CC[C@@H]1[C@H](c1ccc(O)cc1)N2. The number of non-ortho nitro benzene ring substituents is 1. The van der Waals surface area contributed by atoms with Crippen LogP contribution in [0.15, 0.2) is 54.6 Å². The average molecular weight is 308 g/mol. The summed E-state index contributed by atoms with van der Waals surface area (Å²) in [5.41, 5.74) is 3.19. The van der Waals surface area contributed by atoms with Gasteiger partial charge in [-0.25, -0.2) is 0 Å². The van der Waals surface area contributed by atoms with Gasteiger partial charge >= 0.3 is 0 Å². The Morgan fingerprint density at radius 3 is 2.70 bits per heavy atom. The molecule has 0 radical (unpaired) electrons. The number of nitro groups is 1. The standard InChI is InChI=1S/C18H16N2O3/c21-13-7-4-11(5-8-13)18-15-3-1-2-14(15)16-10-12(20(22)23)6-9-17(16)19-18/h1-2,4-10,14-15,18-19,21H,3H2/t14-,15+,18+/m1/s1. The van der Waals surface area contributed by atoms with Crippen molar-refractivity contribution < 1.29 is 10.0 Å². The highest BCUT2D eigenvalue weighted by Gasteiger charge is 2.38. The molecular weight excluding hydrogens is 292 g/mol. The maximum atomic E-state index is 11.0. The molecule has 116 valence electrons. The maximum Gasteiger partial charge on any atom is 0.269 e. The summed E-state index contributed by atoms with van der Waals surface area (Å²) in [6.07, 6.45) is 5.24. The van der Waals surface area contributed by atoms with Crippen LogP contribution in [0.4, 0.5) is 11.4 Å². The van der Waals surface area contributed by atoms with E-state index < -0.39 is 0 Å². The lowest BCUT2D eigenvalue weighted by Crippen LogP contribution is -2.29. The van der Waals surface area contributed by atoms with Crippen molar-refractivity contribution in [2.45, 2.75) is 18.4 Å². The molecule has 3 atom stereocenters. The van der Waals surface area contributed by atoms with Gasteiger partial charge in [-0.05, 0) is 41.7 Å². The average Bonchev–Trinajstić information content (AvgIpc) is 3.04. The third-order valence-corrected chi connectivity index (χ3v) is 4.81. The van der Waals surface area contributed by atoms with Crippen LogP contribution in [0.2, 0.25) is 0 Å². The molecule has 2 N–H and O–H groups in total. The summed E-state index contributed by atoms with van der Waals surface area (Å²) < 4.78 is 0. The highest BCUT2D eigenvalue weighted by molar-refractivity contribution is 5.63. The van der Waals surface area contributed by atoms with Crippen LogP contribution < -0.4 is 5.32 Å². The second kappa shape index (κ2) is 5.12. The zero-order chi connectivity index (χ0) is 16.0. The molecule has 1 aliphatic heterocycles. The van der Waals surface area contributed by atoms with Crippen molar-refractivity contribution in [2.24, 2.45) is 5.92 Å². The van der Waals surface area contributed by atoms with Gasteiger partial charge in [-0.1, -0.05) is 24.3 Å². The highest BCUT2D eigenvalue weighted by Crippen LogP contribution is 2.50. The summed E-state index contributed by atoms with van der Waals surface area (Å²) in [5.74, 6) is 0.765.